The molecule has 7 heteroatoms. The summed E-state index contributed by atoms with van der Waals surface area (Å²) in [5.74, 6) is 0.907. The van der Waals surface area contributed by atoms with E-state index in [0.29, 0.717) is 18.6 Å². The highest BCUT2D eigenvalue weighted by atomic mass is 32.2. The Kier molecular flexibility index (Phi) is 13.3. The molecule has 212 valence electrons. The smallest absolute Gasteiger partial charge is 0.408 e. The number of benzene rings is 3. The first kappa shape index (κ1) is 31.0. The fraction of sp³-hybridized carbons (Fsp3) is 0.364. The van der Waals surface area contributed by atoms with Crippen LogP contribution in [0.2, 0.25) is 0 Å². The number of ether oxygens (including phenoxy) is 1. The van der Waals surface area contributed by atoms with Crippen molar-refractivity contribution in [3.63, 3.8) is 0 Å². The fourth-order valence-corrected chi connectivity index (χ4v) is 5.17. The number of hydrogen-bond donors (Lipinski definition) is 2. The van der Waals surface area contributed by atoms with Crippen molar-refractivity contribution >= 4 is 29.5 Å². The van der Waals surface area contributed by atoms with E-state index in [4.69, 9.17) is 4.74 Å². The van der Waals surface area contributed by atoms with Gasteiger partial charge in [0.25, 0.3) is 0 Å². The third kappa shape index (κ3) is 11.7. The number of nitrogens with one attached hydrogen (secondary N) is 2. The molecule has 2 N–H and O–H groups in total. The molecule has 3 aromatic rings. The molecule has 0 saturated carbocycles. The summed E-state index contributed by atoms with van der Waals surface area (Å²) in [6.45, 7) is 4.07. The molecule has 3 rings (SSSR count). The third-order valence-electron chi connectivity index (χ3n) is 6.36. The van der Waals surface area contributed by atoms with Gasteiger partial charge in [0, 0.05) is 0 Å². The quantitative estimate of drug-likeness (QED) is 0.210. The number of alkyl carbamates (subject to hydrolysis) is 1. The van der Waals surface area contributed by atoms with Crippen LogP contribution in [0, 0.1) is 5.92 Å². The topological polar surface area (TPSA) is 84.5 Å². The lowest BCUT2D eigenvalue weighted by atomic mass is 10.00. The minimum absolute atomic E-state index is 0.0307. The maximum atomic E-state index is 13.4. The Morgan fingerprint density at radius 3 is 1.93 bits per heavy atom. The van der Waals surface area contributed by atoms with E-state index in [0.717, 1.165) is 29.7 Å². The molecule has 6 nitrogen and oxygen atoms in total. The molecule has 0 aliphatic heterocycles. The van der Waals surface area contributed by atoms with Gasteiger partial charge in [0.15, 0.2) is 5.78 Å². The number of carbonyl (C=O) groups is 3. The summed E-state index contributed by atoms with van der Waals surface area (Å²) in [7, 11) is 0. The number of hydrogen-bond acceptors (Lipinski definition) is 5. The van der Waals surface area contributed by atoms with Crippen LogP contribution in [0.25, 0.3) is 0 Å². The minimum atomic E-state index is -0.812. The maximum Gasteiger partial charge on any atom is 0.408 e. The first-order valence-corrected chi connectivity index (χ1v) is 15.0. The summed E-state index contributed by atoms with van der Waals surface area (Å²) in [6, 6.07) is 27.8. The largest absolute Gasteiger partial charge is 0.445 e. The van der Waals surface area contributed by atoms with Gasteiger partial charge < -0.3 is 15.4 Å². The first-order chi connectivity index (χ1) is 19.4. The van der Waals surface area contributed by atoms with Crippen molar-refractivity contribution in [1.29, 1.82) is 0 Å². The molecule has 2 atom stereocenters. The lowest BCUT2D eigenvalue weighted by molar-refractivity contribution is -0.128. The summed E-state index contributed by atoms with van der Waals surface area (Å²) in [4.78, 5) is 39.2. The summed E-state index contributed by atoms with van der Waals surface area (Å²) in [5, 5.41) is 5.66. The minimum Gasteiger partial charge on any atom is -0.445 e. The Hall–Kier alpha value is -3.58. The lowest BCUT2D eigenvalue weighted by Gasteiger charge is -2.24. The van der Waals surface area contributed by atoms with Crippen LogP contribution >= 0.6 is 11.8 Å². The van der Waals surface area contributed by atoms with Crippen LogP contribution in [0.15, 0.2) is 91.0 Å². The van der Waals surface area contributed by atoms with Crippen molar-refractivity contribution in [2.24, 2.45) is 5.92 Å². The summed E-state index contributed by atoms with van der Waals surface area (Å²) >= 11 is 1.59. The van der Waals surface area contributed by atoms with E-state index in [1.54, 1.807) is 11.8 Å². The molecule has 0 aliphatic carbocycles. The molecule has 0 saturated heterocycles. The number of Topliss-reactive ketones (excluding diaryl/α,β-unsaturated/α-hetero) is 1. The molecule has 40 heavy (non-hydrogen) atoms. The Balaban J connectivity index is 1.58. The Morgan fingerprint density at radius 2 is 1.32 bits per heavy atom. The van der Waals surface area contributed by atoms with Crippen LogP contribution in [0.4, 0.5) is 4.79 Å². The van der Waals surface area contributed by atoms with Crippen molar-refractivity contribution in [2.75, 3.05) is 11.5 Å². The predicted molar refractivity (Wildman–Crippen MR) is 162 cm³/mol. The third-order valence-corrected chi connectivity index (χ3v) is 7.42. The molecule has 0 aromatic heterocycles. The van der Waals surface area contributed by atoms with E-state index in [9.17, 15) is 14.4 Å². The molecule has 0 bridgehead atoms. The second-order valence-corrected chi connectivity index (χ2v) is 11.4. The van der Waals surface area contributed by atoms with E-state index in [-0.39, 0.29) is 24.2 Å². The summed E-state index contributed by atoms with van der Waals surface area (Å²) in [6.07, 6.45) is 2.10. The first-order valence-electron chi connectivity index (χ1n) is 13.9. The van der Waals surface area contributed by atoms with E-state index >= 15 is 0 Å². The van der Waals surface area contributed by atoms with Gasteiger partial charge in [-0.1, -0.05) is 105 Å². The molecule has 0 spiro atoms. The van der Waals surface area contributed by atoms with Gasteiger partial charge in [-0.2, -0.15) is 11.8 Å². The molecule has 0 radical (unpaired) electrons. The van der Waals surface area contributed by atoms with E-state index < -0.39 is 18.2 Å². The molecule has 0 fully saturated rings. The van der Waals surface area contributed by atoms with Crippen LogP contribution < -0.4 is 10.6 Å². The zero-order valence-corrected chi connectivity index (χ0v) is 24.2. The second kappa shape index (κ2) is 17.2. The average molecular weight is 561 g/mol. The van der Waals surface area contributed by atoms with Crippen molar-refractivity contribution in [3.8, 4) is 0 Å². The molecule has 3 aromatic carbocycles. The zero-order chi connectivity index (χ0) is 28.6. The van der Waals surface area contributed by atoms with Gasteiger partial charge in [0.1, 0.15) is 12.6 Å². The number of thioether (sulfide) groups is 1. The molecular formula is C33H40N2O4S. The van der Waals surface area contributed by atoms with Gasteiger partial charge in [-0.05, 0) is 54.0 Å². The van der Waals surface area contributed by atoms with Crippen LogP contribution in [-0.2, 0) is 33.8 Å². The van der Waals surface area contributed by atoms with E-state index in [2.05, 4.69) is 22.8 Å². The Morgan fingerprint density at radius 1 is 0.750 bits per heavy atom. The number of carbonyl (C=O) groups excluding carboxylic acids is 3. The van der Waals surface area contributed by atoms with Gasteiger partial charge >= 0.3 is 6.09 Å². The van der Waals surface area contributed by atoms with Gasteiger partial charge in [-0.3, -0.25) is 9.59 Å². The Labute approximate surface area is 242 Å². The number of ketones is 1. The van der Waals surface area contributed by atoms with Gasteiger partial charge in [-0.25, -0.2) is 4.79 Å². The number of amides is 2. The Bertz CT molecular complexity index is 1170. The van der Waals surface area contributed by atoms with E-state index in [1.165, 1.54) is 5.56 Å². The van der Waals surface area contributed by atoms with Crippen molar-refractivity contribution in [1.82, 2.24) is 10.6 Å². The fourth-order valence-electron chi connectivity index (χ4n) is 4.27. The van der Waals surface area contributed by atoms with Gasteiger partial charge in [0.2, 0.25) is 5.91 Å². The average Bonchev–Trinajstić information content (AvgIpc) is 2.96. The summed E-state index contributed by atoms with van der Waals surface area (Å²) in [5.41, 5.74) is 3.11. The molecule has 0 unspecified atom stereocenters. The predicted octanol–water partition coefficient (Wildman–Crippen LogP) is 5.99. The van der Waals surface area contributed by atoms with Crippen molar-refractivity contribution in [2.45, 2.75) is 58.2 Å². The van der Waals surface area contributed by atoms with Crippen LogP contribution in [0.5, 0.6) is 0 Å². The maximum absolute atomic E-state index is 13.4. The molecular weight excluding hydrogens is 520 g/mol. The normalized spacial score (nSPS) is 12.4. The van der Waals surface area contributed by atoms with Crippen LogP contribution in [-0.4, -0.2) is 41.4 Å². The highest BCUT2D eigenvalue weighted by Gasteiger charge is 2.28. The van der Waals surface area contributed by atoms with E-state index in [1.807, 2.05) is 92.7 Å². The van der Waals surface area contributed by atoms with Crippen molar-refractivity contribution < 1.29 is 19.1 Å². The molecule has 0 aliphatic rings. The lowest BCUT2D eigenvalue weighted by Crippen LogP contribution is -2.53. The summed E-state index contributed by atoms with van der Waals surface area (Å²) < 4.78 is 5.35. The molecule has 2 amide bonds. The highest BCUT2D eigenvalue weighted by Crippen LogP contribution is 2.13. The SMILES string of the molecule is CC(C)C[C@H](NC(=O)OCc1ccccc1)C(=O)N[C@@H](Cc1ccccc1)C(=O)CSCCCc1ccccc1. The van der Waals surface area contributed by atoms with Crippen molar-refractivity contribution in [3.05, 3.63) is 108 Å². The second-order valence-electron chi connectivity index (χ2n) is 10.2. The van der Waals surface area contributed by atoms with Crippen LogP contribution in [0.3, 0.4) is 0 Å². The molecule has 0 heterocycles. The number of rotatable bonds is 16. The van der Waals surface area contributed by atoms with Gasteiger partial charge in [0.05, 0.1) is 11.8 Å². The number of aryl methyl sites for hydroxylation is 1. The highest BCUT2D eigenvalue weighted by molar-refractivity contribution is 7.99. The van der Waals surface area contributed by atoms with Crippen LogP contribution in [0.1, 0.15) is 43.4 Å². The van der Waals surface area contributed by atoms with Gasteiger partial charge in [-0.15, -0.1) is 0 Å². The zero-order valence-electron chi connectivity index (χ0n) is 23.4. The monoisotopic (exact) mass is 560 g/mol. The standard InChI is InChI=1S/C33H40N2O4S/c1-25(2)21-30(35-33(38)39-23-28-17-10-5-11-18-28)32(37)34-29(22-27-15-8-4-9-16-27)31(36)24-40-20-12-19-26-13-6-3-7-14-26/h3-11,13-18,25,29-30H,12,19-24H2,1-2H3,(H,34,37)(H,35,38)/t29-,30-/m0/s1.